The maximum atomic E-state index is 11.9. The van der Waals surface area contributed by atoms with Crippen LogP contribution >= 0.6 is 11.6 Å². The minimum atomic E-state index is -0.572. The Morgan fingerprint density at radius 1 is 1.32 bits per heavy atom. The maximum Gasteiger partial charge on any atom is 0.288 e. The fraction of sp³-hybridized carbons (Fsp3) is 0.0769. The summed E-state index contributed by atoms with van der Waals surface area (Å²) in [7, 11) is 0. The summed E-state index contributed by atoms with van der Waals surface area (Å²) in [6.45, 7) is 0. The van der Waals surface area contributed by atoms with Gasteiger partial charge in [-0.05, 0) is 23.8 Å². The van der Waals surface area contributed by atoms with E-state index in [0.717, 1.165) is 0 Å². The minimum Gasteiger partial charge on any atom is -0.292 e. The predicted octanol–water partition coefficient (Wildman–Crippen LogP) is 3.07. The van der Waals surface area contributed by atoms with Gasteiger partial charge in [0.2, 0.25) is 0 Å². The molecule has 0 aliphatic rings. The van der Waals surface area contributed by atoms with Gasteiger partial charge in [-0.25, -0.2) is 0 Å². The van der Waals surface area contributed by atoms with Crippen LogP contribution in [0.1, 0.15) is 16.1 Å². The van der Waals surface area contributed by atoms with E-state index in [0.29, 0.717) is 11.3 Å². The second-order valence-corrected chi connectivity index (χ2v) is 4.27. The van der Waals surface area contributed by atoms with Crippen LogP contribution in [0.15, 0.2) is 42.6 Å². The molecule has 0 saturated carbocycles. The molecule has 1 aromatic heterocycles. The number of nitro groups is 1. The predicted molar refractivity (Wildman–Crippen MR) is 70.4 cm³/mol. The standard InChI is InChI=1S/C13H9ClN2O3/c14-10-5-4-9(7-12(10)16(18)19)8-13(17)11-3-1-2-6-15-11/h1-7H,8H2. The van der Waals surface area contributed by atoms with Crippen molar-refractivity contribution < 1.29 is 9.72 Å². The van der Waals surface area contributed by atoms with E-state index < -0.39 is 4.92 Å². The number of rotatable bonds is 4. The third-order valence-electron chi connectivity index (χ3n) is 2.52. The number of Topliss-reactive ketones (excluding diaryl/α,β-unsaturated/α-hetero) is 1. The van der Waals surface area contributed by atoms with Crippen LogP contribution in [0.4, 0.5) is 5.69 Å². The van der Waals surface area contributed by atoms with Gasteiger partial charge in [0.1, 0.15) is 10.7 Å². The Balaban J connectivity index is 2.23. The zero-order valence-electron chi connectivity index (χ0n) is 9.75. The second kappa shape index (κ2) is 5.58. The molecule has 19 heavy (non-hydrogen) atoms. The molecule has 0 atom stereocenters. The van der Waals surface area contributed by atoms with E-state index in [1.165, 1.54) is 18.3 Å². The van der Waals surface area contributed by atoms with E-state index in [-0.39, 0.29) is 22.9 Å². The van der Waals surface area contributed by atoms with Gasteiger partial charge in [0.05, 0.1) is 4.92 Å². The molecule has 0 saturated heterocycles. The van der Waals surface area contributed by atoms with E-state index in [9.17, 15) is 14.9 Å². The number of hydrogen-bond donors (Lipinski definition) is 0. The summed E-state index contributed by atoms with van der Waals surface area (Å²) >= 11 is 5.71. The lowest BCUT2D eigenvalue weighted by molar-refractivity contribution is -0.384. The van der Waals surface area contributed by atoms with Gasteiger partial charge < -0.3 is 0 Å². The third kappa shape index (κ3) is 3.14. The van der Waals surface area contributed by atoms with Crippen LogP contribution in [-0.2, 0) is 6.42 Å². The SMILES string of the molecule is O=C(Cc1ccc(Cl)c([N+](=O)[O-])c1)c1ccccn1. The van der Waals surface area contributed by atoms with Gasteiger partial charge in [-0.2, -0.15) is 0 Å². The van der Waals surface area contributed by atoms with Crippen LogP contribution in [0.25, 0.3) is 0 Å². The summed E-state index contributed by atoms with van der Waals surface area (Å²) in [6, 6.07) is 9.35. The van der Waals surface area contributed by atoms with E-state index in [2.05, 4.69) is 4.98 Å². The minimum absolute atomic E-state index is 0.0506. The van der Waals surface area contributed by atoms with Gasteiger partial charge in [-0.3, -0.25) is 19.9 Å². The topological polar surface area (TPSA) is 73.1 Å². The fourth-order valence-corrected chi connectivity index (χ4v) is 1.80. The monoisotopic (exact) mass is 276 g/mol. The number of nitrogens with zero attached hydrogens (tertiary/aromatic N) is 2. The number of benzene rings is 1. The Morgan fingerprint density at radius 3 is 2.74 bits per heavy atom. The second-order valence-electron chi connectivity index (χ2n) is 3.86. The van der Waals surface area contributed by atoms with E-state index in [4.69, 9.17) is 11.6 Å². The van der Waals surface area contributed by atoms with Crippen LogP contribution < -0.4 is 0 Å². The van der Waals surface area contributed by atoms with Crippen LogP contribution in [0, 0.1) is 10.1 Å². The number of halogens is 1. The number of carbonyl (C=O) groups is 1. The van der Waals surface area contributed by atoms with Gasteiger partial charge in [0.15, 0.2) is 5.78 Å². The zero-order chi connectivity index (χ0) is 13.8. The van der Waals surface area contributed by atoms with Gasteiger partial charge in [0.25, 0.3) is 5.69 Å². The maximum absolute atomic E-state index is 11.9. The molecule has 2 rings (SSSR count). The van der Waals surface area contributed by atoms with Crippen LogP contribution in [0.3, 0.4) is 0 Å². The van der Waals surface area contributed by atoms with Crippen LogP contribution in [0.2, 0.25) is 5.02 Å². The van der Waals surface area contributed by atoms with Gasteiger partial charge in [0, 0.05) is 18.7 Å². The Bertz CT molecular complexity index is 629. The lowest BCUT2D eigenvalue weighted by Gasteiger charge is -2.02. The van der Waals surface area contributed by atoms with Crippen molar-refractivity contribution in [2.45, 2.75) is 6.42 Å². The summed E-state index contributed by atoms with van der Waals surface area (Å²) in [4.78, 5) is 26.0. The highest BCUT2D eigenvalue weighted by Gasteiger charge is 2.15. The zero-order valence-corrected chi connectivity index (χ0v) is 10.5. The molecule has 96 valence electrons. The lowest BCUT2D eigenvalue weighted by Crippen LogP contribution is -2.05. The van der Waals surface area contributed by atoms with Crippen LogP contribution in [-0.4, -0.2) is 15.7 Å². The van der Waals surface area contributed by atoms with Crippen molar-refractivity contribution in [2.75, 3.05) is 0 Å². The smallest absolute Gasteiger partial charge is 0.288 e. The van der Waals surface area contributed by atoms with Gasteiger partial charge >= 0.3 is 0 Å². The average Bonchev–Trinajstić information content (AvgIpc) is 2.41. The lowest BCUT2D eigenvalue weighted by atomic mass is 10.1. The highest BCUT2D eigenvalue weighted by atomic mass is 35.5. The Hall–Kier alpha value is -2.27. The molecule has 2 aromatic rings. The highest BCUT2D eigenvalue weighted by molar-refractivity contribution is 6.32. The first-order valence-electron chi connectivity index (χ1n) is 5.45. The first-order chi connectivity index (χ1) is 9.08. The molecule has 0 radical (unpaired) electrons. The molecule has 0 N–H and O–H groups in total. The van der Waals surface area contributed by atoms with Crippen molar-refractivity contribution in [3.05, 3.63) is 69.0 Å². The molecule has 0 spiro atoms. The molecular weight excluding hydrogens is 268 g/mol. The summed E-state index contributed by atoms with van der Waals surface area (Å²) < 4.78 is 0. The third-order valence-corrected chi connectivity index (χ3v) is 2.84. The van der Waals surface area contributed by atoms with Crippen molar-refractivity contribution >= 4 is 23.1 Å². The molecule has 0 bridgehead atoms. The molecule has 6 heteroatoms. The molecule has 5 nitrogen and oxygen atoms in total. The normalized spacial score (nSPS) is 10.2. The number of ketones is 1. The van der Waals surface area contributed by atoms with Crippen molar-refractivity contribution in [1.82, 2.24) is 4.98 Å². The molecule has 0 aliphatic heterocycles. The first-order valence-corrected chi connectivity index (χ1v) is 5.83. The Kier molecular flexibility index (Phi) is 3.87. The molecule has 0 unspecified atom stereocenters. The van der Waals surface area contributed by atoms with Crippen molar-refractivity contribution in [3.8, 4) is 0 Å². The number of hydrogen-bond acceptors (Lipinski definition) is 4. The Labute approximate surface area is 114 Å². The Morgan fingerprint density at radius 2 is 2.11 bits per heavy atom. The van der Waals surface area contributed by atoms with Gasteiger partial charge in [-0.1, -0.05) is 23.7 Å². The number of carbonyl (C=O) groups excluding carboxylic acids is 1. The molecule has 1 aromatic carbocycles. The van der Waals surface area contributed by atoms with Crippen molar-refractivity contribution in [2.24, 2.45) is 0 Å². The first kappa shape index (κ1) is 13.2. The van der Waals surface area contributed by atoms with E-state index in [1.54, 1.807) is 24.3 Å². The summed E-state index contributed by atoms with van der Waals surface area (Å²) in [5, 5.41) is 10.8. The molecular formula is C13H9ClN2O3. The molecule has 0 fully saturated rings. The average molecular weight is 277 g/mol. The quantitative estimate of drug-likeness (QED) is 0.489. The summed E-state index contributed by atoms with van der Waals surface area (Å²) in [5.74, 6) is -0.197. The summed E-state index contributed by atoms with van der Waals surface area (Å²) in [5.41, 5.74) is 0.667. The van der Waals surface area contributed by atoms with E-state index in [1.807, 2.05) is 0 Å². The number of nitro benzene ring substituents is 1. The largest absolute Gasteiger partial charge is 0.292 e. The molecule has 1 heterocycles. The van der Waals surface area contributed by atoms with Crippen molar-refractivity contribution in [1.29, 1.82) is 0 Å². The van der Waals surface area contributed by atoms with Crippen LogP contribution in [0.5, 0.6) is 0 Å². The summed E-state index contributed by atoms with van der Waals surface area (Å²) in [6.07, 6.45) is 1.58. The fourth-order valence-electron chi connectivity index (χ4n) is 1.61. The van der Waals surface area contributed by atoms with E-state index >= 15 is 0 Å². The highest BCUT2D eigenvalue weighted by Crippen LogP contribution is 2.25. The number of pyridine rings is 1. The molecule has 0 amide bonds. The van der Waals surface area contributed by atoms with Gasteiger partial charge in [-0.15, -0.1) is 0 Å². The van der Waals surface area contributed by atoms with Crippen molar-refractivity contribution in [3.63, 3.8) is 0 Å². The molecule has 0 aliphatic carbocycles. The number of aromatic nitrogens is 1.